The Bertz CT molecular complexity index is 336. The fourth-order valence-corrected chi connectivity index (χ4v) is 2.68. The number of benzene rings is 1. The molecule has 1 aromatic carbocycles. The van der Waals surface area contributed by atoms with Gasteiger partial charge < -0.3 is 4.74 Å². The van der Waals surface area contributed by atoms with Crippen LogP contribution in [0.4, 0.5) is 0 Å². The van der Waals surface area contributed by atoms with Gasteiger partial charge in [0.1, 0.15) is 5.75 Å². The molecule has 0 aliphatic heterocycles. The van der Waals surface area contributed by atoms with Crippen LogP contribution >= 0.6 is 15.9 Å². The number of methoxy groups -OCH3 is 1. The molecule has 2 unspecified atom stereocenters. The Morgan fingerprint density at radius 1 is 1.38 bits per heavy atom. The van der Waals surface area contributed by atoms with Crippen molar-refractivity contribution in [3.05, 3.63) is 29.3 Å². The smallest absolute Gasteiger partial charge is 0.121 e. The molecule has 0 spiro atoms. The largest absolute Gasteiger partial charge is 0.496 e. The molecule has 0 aliphatic carbocycles. The minimum Gasteiger partial charge on any atom is -0.496 e. The van der Waals surface area contributed by atoms with Crippen molar-refractivity contribution in [2.45, 2.75) is 38.4 Å². The van der Waals surface area contributed by atoms with Crippen LogP contribution in [-0.4, -0.2) is 7.11 Å². The molecule has 1 nitrogen and oxygen atoms in total. The van der Waals surface area contributed by atoms with Crippen LogP contribution in [0.25, 0.3) is 0 Å². The number of rotatable bonds is 5. The van der Waals surface area contributed by atoms with Gasteiger partial charge in [-0.1, -0.05) is 48.3 Å². The predicted octanol–water partition coefficient (Wildman–Crippen LogP) is 4.88. The summed E-state index contributed by atoms with van der Waals surface area (Å²) in [6.45, 7) is 6.62. The molecule has 0 saturated carbocycles. The van der Waals surface area contributed by atoms with Crippen LogP contribution in [0.3, 0.4) is 0 Å². The normalized spacial score (nSPS) is 14.6. The van der Waals surface area contributed by atoms with E-state index < -0.39 is 0 Å². The predicted molar refractivity (Wildman–Crippen MR) is 73.5 cm³/mol. The summed E-state index contributed by atoms with van der Waals surface area (Å²) < 4.78 is 5.27. The molecule has 0 amide bonds. The Labute approximate surface area is 107 Å². The second-order valence-electron chi connectivity index (χ2n) is 4.45. The Morgan fingerprint density at radius 2 is 2.06 bits per heavy atom. The van der Waals surface area contributed by atoms with Crippen LogP contribution in [0.2, 0.25) is 0 Å². The lowest BCUT2D eigenvalue weighted by molar-refractivity contribution is 0.411. The first kappa shape index (κ1) is 13.6. The number of hydrogen-bond donors (Lipinski definition) is 0. The van der Waals surface area contributed by atoms with Gasteiger partial charge in [0.05, 0.1) is 7.11 Å². The van der Waals surface area contributed by atoms with Gasteiger partial charge in [-0.2, -0.15) is 0 Å². The van der Waals surface area contributed by atoms with E-state index in [9.17, 15) is 0 Å². The second kappa shape index (κ2) is 6.29. The van der Waals surface area contributed by atoms with Gasteiger partial charge in [-0.05, 0) is 36.5 Å². The van der Waals surface area contributed by atoms with Crippen molar-refractivity contribution in [1.29, 1.82) is 0 Å². The first-order valence-corrected chi connectivity index (χ1v) is 6.78. The molecular weight excluding hydrogens is 264 g/mol. The summed E-state index contributed by atoms with van der Waals surface area (Å²) >= 11 is 3.77. The van der Waals surface area contributed by atoms with Crippen molar-refractivity contribution < 1.29 is 4.74 Å². The molecule has 2 heteroatoms. The van der Waals surface area contributed by atoms with Crippen LogP contribution in [0.5, 0.6) is 5.75 Å². The van der Waals surface area contributed by atoms with E-state index in [1.165, 1.54) is 24.0 Å². The molecule has 0 aromatic heterocycles. The van der Waals surface area contributed by atoms with Crippen molar-refractivity contribution in [1.82, 2.24) is 0 Å². The second-order valence-corrected chi connectivity index (χ2v) is 5.55. The molecule has 0 N–H and O–H groups in total. The molecule has 2 atom stereocenters. The van der Waals surface area contributed by atoms with E-state index in [4.69, 9.17) is 4.74 Å². The lowest BCUT2D eigenvalue weighted by Gasteiger charge is -2.16. The summed E-state index contributed by atoms with van der Waals surface area (Å²) in [5.74, 6) is 1.72. The molecule has 0 saturated heterocycles. The maximum absolute atomic E-state index is 5.27. The number of hydrogen-bond acceptors (Lipinski definition) is 1. The Kier molecular flexibility index (Phi) is 5.33. The standard InChI is InChI=1S/C14H21BrO/c1-5-10(2)8-13(15)12-6-7-14(16-4)11(3)9-12/h6-7,9-10,13H,5,8H2,1-4H3. The minimum absolute atomic E-state index is 0.451. The highest BCUT2D eigenvalue weighted by Crippen LogP contribution is 2.33. The van der Waals surface area contributed by atoms with Gasteiger partial charge in [-0.3, -0.25) is 0 Å². The lowest BCUT2D eigenvalue weighted by Crippen LogP contribution is -1.99. The van der Waals surface area contributed by atoms with E-state index in [1.54, 1.807) is 7.11 Å². The molecule has 1 aromatic rings. The zero-order valence-electron chi connectivity index (χ0n) is 10.6. The molecule has 0 bridgehead atoms. The van der Waals surface area contributed by atoms with Crippen molar-refractivity contribution in [3.63, 3.8) is 0 Å². The number of aryl methyl sites for hydroxylation is 1. The van der Waals surface area contributed by atoms with E-state index in [0.29, 0.717) is 4.83 Å². The molecule has 1 rings (SSSR count). The fourth-order valence-electron chi connectivity index (χ4n) is 1.75. The molecule has 0 heterocycles. The maximum Gasteiger partial charge on any atom is 0.121 e. The Balaban J connectivity index is 2.76. The van der Waals surface area contributed by atoms with E-state index in [-0.39, 0.29) is 0 Å². The topological polar surface area (TPSA) is 9.23 Å². The molecular formula is C14H21BrO. The Morgan fingerprint density at radius 3 is 2.56 bits per heavy atom. The van der Waals surface area contributed by atoms with Gasteiger partial charge in [0.25, 0.3) is 0 Å². The van der Waals surface area contributed by atoms with Crippen LogP contribution in [0.15, 0.2) is 18.2 Å². The van der Waals surface area contributed by atoms with E-state index in [0.717, 1.165) is 11.7 Å². The highest BCUT2D eigenvalue weighted by Gasteiger charge is 2.12. The van der Waals surface area contributed by atoms with Crippen molar-refractivity contribution >= 4 is 15.9 Å². The van der Waals surface area contributed by atoms with Gasteiger partial charge in [0.15, 0.2) is 0 Å². The zero-order chi connectivity index (χ0) is 12.1. The third kappa shape index (κ3) is 3.51. The van der Waals surface area contributed by atoms with Gasteiger partial charge in [0.2, 0.25) is 0 Å². The molecule has 90 valence electrons. The lowest BCUT2D eigenvalue weighted by atomic mass is 9.98. The third-order valence-electron chi connectivity index (χ3n) is 3.09. The number of ether oxygens (including phenoxy) is 1. The summed E-state index contributed by atoms with van der Waals surface area (Å²) in [5, 5.41) is 0. The molecule has 0 fully saturated rings. The first-order valence-electron chi connectivity index (χ1n) is 5.87. The summed E-state index contributed by atoms with van der Waals surface area (Å²) in [7, 11) is 1.72. The van der Waals surface area contributed by atoms with Crippen LogP contribution in [-0.2, 0) is 0 Å². The molecule has 0 radical (unpaired) electrons. The van der Waals surface area contributed by atoms with Crippen LogP contribution in [0.1, 0.15) is 42.6 Å². The highest BCUT2D eigenvalue weighted by atomic mass is 79.9. The molecule has 0 aliphatic rings. The van der Waals surface area contributed by atoms with E-state index in [1.807, 2.05) is 0 Å². The molecule has 16 heavy (non-hydrogen) atoms. The van der Waals surface area contributed by atoms with Crippen molar-refractivity contribution in [2.24, 2.45) is 5.92 Å². The van der Waals surface area contributed by atoms with Crippen LogP contribution in [0, 0.1) is 12.8 Å². The highest BCUT2D eigenvalue weighted by molar-refractivity contribution is 9.09. The SMILES string of the molecule is CCC(C)CC(Br)c1ccc(OC)c(C)c1. The summed E-state index contributed by atoms with van der Waals surface area (Å²) in [5.41, 5.74) is 2.55. The first-order chi connectivity index (χ1) is 7.58. The van der Waals surface area contributed by atoms with Gasteiger partial charge in [0, 0.05) is 4.83 Å². The van der Waals surface area contributed by atoms with E-state index >= 15 is 0 Å². The maximum atomic E-state index is 5.27. The van der Waals surface area contributed by atoms with Crippen molar-refractivity contribution in [2.75, 3.05) is 7.11 Å². The number of halogens is 1. The average molecular weight is 285 g/mol. The minimum atomic E-state index is 0.451. The summed E-state index contributed by atoms with van der Waals surface area (Å²) in [6, 6.07) is 6.41. The van der Waals surface area contributed by atoms with E-state index in [2.05, 4.69) is 54.9 Å². The zero-order valence-corrected chi connectivity index (χ0v) is 12.2. The monoisotopic (exact) mass is 284 g/mol. The average Bonchev–Trinajstić information content (AvgIpc) is 2.28. The van der Waals surface area contributed by atoms with Gasteiger partial charge in [-0.15, -0.1) is 0 Å². The van der Waals surface area contributed by atoms with Gasteiger partial charge in [-0.25, -0.2) is 0 Å². The Hall–Kier alpha value is -0.500. The quantitative estimate of drug-likeness (QED) is 0.701. The number of alkyl halides is 1. The summed E-state index contributed by atoms with van der Waals surface area (Å²) in [4.78, 5) is 0.451. The van der Waals surface area contributed by atoms with Crippen LogP contribution < -0.4 is 4.74 Å². The van der Waals surface area contributed by atoms with Gasteiger partial charge >= 0.3 is 0 Å². The van der Waals surface area contributed by atoms with Crippen molar-refractivity contribution in [3.8, 4) is 5.75 Å². The third-order valence-corrected chi connectivity index (χ3v) is 3.99. The fraction of sp³-hybridized carbons (Fsp3) is 0.571. The summed E-state index contributed by atoms with van der Waals surface area (Å²) in [6.07, 6.45) is 2.42.